The Hall–Kier alpha value is -2.26. The standard InChI is InChI=1S/C25H26ClFN2O3S2/c1-18-2-11-23(33-18)16-28(14-19-5-9-22(27)10-6-19)25(30)17-29(15-20-3-4-20)34(31,32)24-12-7-21(26)8-13-24/h2,5-13,20H,3-4,14-17H2,1H3. The molecule has 1 saturated carbocycles. The van der Waals surface area contributed by atoms with Crippen LogP contribution in [0.1, 0.15) is 28.2 Å². The second-order valence-corrected chi connectivity index (χ2v) is 12.3. The van der Waals surface area contributed by atoms with Gasteiger partial charge in [-0.3, -0.25) is 4.79 Å². The first-order valence-corrected chi connectivity index (χ1v) is 13.7. The van der Waals surface area contributed by atoms with Crippen molar-refractivity contribution in [3.05, 3.63) is 86.8 Å². The molecule has 1 aromatic heterocycles. The molecule has 0 aliphatic heterocycles. The quantitative estimate of drug-likeness (QED) is 0.356. The predicted molar refractivity (Wildman–Crippen MR) is 133 cm³/mol. The highest BCUT2D eigenvalue weighted by Crippen LogP contribution is 2.32. The number of rotatable bonds is 10. The third kappa shape index (κ3) is 6.44. The van der Waals surface area contributed by atoms with Crippen LogP contribution in [0.15, 0.2) is 65.6 Å². The number of thiophene rings is 1. The van der Waals surface area contributed by atoms with Gasteiger partial charge in [-0.05, 0) is 79.8 Å². The molecule has 0 radical (unpaired) electrons. The van der Waals surface area contributed by atoms with Crippen molar-refractivity contribution in [3.8, 4) is 0 Å². The average molecular weight is 521 g/mol. The molecule has 1 fully saturated rings. The number of aryl methyl sites for hydroxylation is 1. The number of benzene rings is 2. The molecule has 9 heteroatoms. The van der Waals surface area contributed by atoms with E-state index in [0.29, 0.717) is 18.1 Å². The Morgan fingerprint density at radius 2 is 1.71 bits per heavy atom. The number of hydrogen-bond donors (Lipinski definition) is 0. The van der Waals surface area contributed by atoms with Gasteiger partial charge in [0.25, 0.3) is 0 Å². The molecule has 1 heterocycles. The summed E-state index contributed by atoms with van der Waals surface area (Å²) in [6.45, 7) is 2.66. The molecule has 4 rings (SSSR count). The van der Waals surface area contributed by atoms with Gasteiger partial charge >= 0.3 is 0 Å². The first-order chi connectivity index (χ1) is 16.2. The van der Waals surface area contributed by atoms with Crippen molar-refractivity contribution >= 4 is 38.9 Å². The van der Waals surface area contributed by atoms with E-state index in [-0.39, 0.29) is 35.6 Å². The molecule has 0 N–H and O–H groups in total. The third-order valence-corrected chi connectivity index (χ3v) is 8.77. The number of hydrogen-bond acceptors (Lipinski definition) is 4. The predicted octanol–water partition coefficient (Wildman–Crippen LogP) is 5.48. The minimum atomic E-state index is -3.87. The Bertz CT molecular complexity index is 1240. The molecule has 34 heavy (non-hydrogen) atoms. The van der Waals surface area contributed by atoms with Crippen LogP contribution in [0.4, 0.5) is 4.39 Å². The topological polar surface area (TPSA) is 57.7 Å². The van der Waals surface area contributed by atoms with E-state index >= 15 is 0 Å². The fourth-order valence-electron chi connectivity index (χ4n) is 3.64. The zero-order valence-electron chi connectivity index (χ0n) is 18.8. The molecule has 5 nitrogen and oxygen atoms in total. The van der Waals surface area contributed by atoms with Crippen LogP contribution in [-0.4, -0.2) is 36.6 Å². The van der Waals surface area contributed by atoms with Crippen molar-refractivity contribution in [2.24, 2.45) is 5.92 Å². The monoisotopic (exact) mass is 520 g/mol. The van der Waals surface area contributed by atoms with Gasteiger partial charge in [-0.2, -0.15) is 4.31 Å². The van der Waals surface area contributed by atoms with Crippen molar-refractivity contribution in [3.63, 3.8) is 0 Å². The minimum Gasteiger partial charge on any atom is -0.332 e. The van der Waals surface area contributed by atoms with Crippen molar-refractivity contribution in [1.29, 1.82) is 0 Å². The van der Waals surface area contributed by atoms with Crippen molar-refractivity contribution in [2.45, 2.75) is 37.8 Å². The van der Waals surface area contributed by atoms with Crippen LogP contribution in [0.25, 0.3) is 0 Å². The van der Waals surface area contributed by atoms with Gasteiger partial charge in [-0.25, -0.2) is 12.8 Å². The second kappa shape index (κ2) is 10.6. The van der Waals surface area contributed by atoms with Gasteiger partial charge in [-0.1, -0.05) is 23.7 Å². The summed E-state index contributed by atoms with van der Waals surface area (Å²) in [6.07, 6.45) is 1.91. The number of carbonyl (C=O) groups excluding carboxylic acids is 1. The summed E-state index contributed by atoms with van der Waals surface area (Å²) in [6, 6.07) is 16.0. The molecule has 1 amide bonds. The number of halogens is 2. The first-order valence-electron chi connectivity index (χ1n) is 11.0. The molecule has 0 atom stereocenters. The maximum absolute atomic E-state index is 13.5. The van der Waals surface area contributed by atoms with Gasteiger partial charge in [0, 0.05) is 27.9 Å². The van der Waals surface area contributed by atoms with Gasteiger partial charge in [0.2, 0.25) is 15.9 Å². The Labute approximate surface area is 208 Å². The van der Waals surface area contributed by atoms with Gasteiger partial charge in [0.15, 0.2) is 0 Å². The summed E-state index contributed by atoms with van der Waals surface area (Å²) in [7, 11) is -3.87. The Morgan fingerprint density at radius 1 is 1.03 bits per heavy atom. The van der Waals surface area contributed by atoms with Gasteiger partial charge in [0.05, 0.1) is 18.0 Å². The third-order valence-electron chi connectivity index (χ3n) is 5.70. The highest BCUT2D eigenvalue weighted by Gasteiger charge is 2.34. The lowest BCUT2D eigenvalue weighted by atomic mass is 10.2. The van der Waals surface area contributed by atoms with Crippen LogP contribution in [0.3, 0.4) is 0 Å². The van der Waals surface area contributed by atoms with Crippen LogP contribution >= 0.6 is 22.9 Å². The molecule has 3 aromatic rings. The first kappa shape index (κ1) is 24.9. The van der Waals surface area contributed by atoms with Crippen molar-refractivity contribution in [1.82, 2.24) is 9.21 Å². The Balaban J connectivity index is 1.58. The number of carbonyl (C=O) groups is 1. The summed E-state index contributed by atoms with van der Waals surface area (Å²) < 4.78 is 41.5. The molecular weight excluding hydrogens is 495 g/mol. The average Bonchev–Trinajstić information content (AvgIpc) is 3.53. The second-order valence-electron chi connectivity index (χ2n) is 8.58. The largest absolute Gasteiger partial charge is 0.332 e. The van der Waals surface area contributed by atoms with E-state index in [9.17, 15) is 17.6 Å². The summed E-state index contributed by atoms with van der Waals surface area (Å²) in [5.74, 6) is -0.380. The number of nitrogens with zero attached hydrogens (tertiary/aromatic N) is 2. The summed E-state index contributed by atoms with van der Waals surface area (Å²) >= 11 is 7.53. The minimum absolute atomic E-state index is 0.115. The molecule has 0 bridgehead atoms. The summed E-state index contributed by atoms with van der Waals surface area (Å²) in [5.41, 5.74) is 0.775. The normalized spacial score (nSPS) is 13.9. The lowest BCUT2D eigenvalue weighted by Gasteiger charge is -2.27. The van der Waals surface area contributed by atoms with E-state index in [1.807, 2.05) is 19.1 Å². The van der Waals surface area contributed by atoms with Gasteiger partial charge in [-0.15, -0.1) is 11.3 Å². The van der Waals surface area contributed by atoms with E-state index in [4.69, 9.17) is 11.6 Å². The molecule has 0 saturated heterocycles. The maximum atomic E-state index is 13.5. The van der Waals surface area contributed by atoms with E-state index in [0.717, 1.165) is 28.2 Å². The number of amides is 1. The van der Waals surface area contributed by atoms with E-state index in [1.54, 1.807) is 28.4 Å². The number of sulfonamides is 1. The van der Waals surface area contributed by atoms with Crippen LogP contribution in [0, 0.1) is 18.7 Å². The molecular formula is C25H26ClFN2O3S2. The summed E-state index contributed by atoms with van der Waals surface area (Å²) in [4.78, 5) is 17.4. The van der Waals surface area contributed by atoms with Gasteiger partial charge in [0.1, 0.15) is 5.82 Å². The zero-order valence-corrected chi connectivity index (χ0v) is 21.2. The fourth-order valence-corrected chi connectivity index (χ4v) is 6.14. The van der Waals surface area contributed by atoms with Crippen LogP contribution in [0.5, 0.6) is 0 Å². The lowest BCUT2D eigenvalue weighted by Crippen LogP contribution is -2.43. The smallest absolute Gasteiger partial charge is 0.243 e. The molecule has 2 aromatic carbocycles. The van der Waals surface area contributed by atoms with E-state index in [1.165, 1.54) is 40.7 Å². The van der Waals surface area contributed by atoms with E-state index in [2.05, 4.69) is 0 Å². The molecule has 1 aliphatic rings. The fraction of sp³-hybridized carbons (Fsp3) is 0.320. The molecule has 0 unspecified atom stereocenters. The Kier molecular flexibility index (Phi) is 7.72. The van der Waals surface area contributed by atoms with Crippen LogP contribution in [0.2, 0.25) is 5.02 Å². The van der Waals surface area contributed by atoms with Gasteiger partial charge < -0.3 is 4.90 Å². The lowest BCUT2D eigenvalue weighted by molar-refractivity contribution is -0.132. The van der Waals surface area contributed by atoms with Crippen LogP contribution in [-0.2, 0) is 27.9 Å². The zero-order chi connectivity index (χ0) is 24.3. The SMILES string of the molecule is Cc1ccc(CN(Cc2ccc(F)cc2)C(=O)CN(CC2CC2)S(=O)(=O)c2ccc(Cl)cc2)s1. The molecule has 180 valence electrons. The van der Waals surface area contributed by atoms with Crippen LogP contribution < -0.4 is 0 Å². The van der Waals surface area contributed by atoms with Crippen molar-refractivity contribution in [2.75, 3.05) is 13.1 Å². The highest BCUT2D eigenvalue weighted by molar-refractivity contribution is 7.89. The van der Waals surface area contributed by atoms with E-state index < -0.39 is 10.0 Å². The Morgan fingerprint density at radius 3 is 2.29 bits per heavy atom. The molecule has 0 spiro atoms. The highest BCUT2D eigenvalue weighted by atomic mass is 35.5. The van der Waals surface area contributed by atoms with Crippen molar-refractivity contribution < 1.29 is 17.6 Å². The summed E-state index contributed by atoms with van der Waals surface area (Å²) in [5, 5.41) is 0.445. The maximum Gasteiger partial charge on any atom is 0.243 e. The molecule has 1 aliphatic carbocycles.